The van der Waals surface area contributed by atoms with Crippen LogP contribution in [0.2, 0.25) is 0 Å². The largest absolute Gasteiger partial charge is 0.478 e. The Morgan fingerprint density at radius 3 is 2.53 bits per heavy atom. The van der Waals surface area contributed by atoms with Crippen LogP contribution in [0.1, 0.15) is 24.2 Å². The van der Waals surface area contributed by atoms with E-state index in [4.69, 9.17) is 9.84 Å². The highest BCUT2D eigenvalue weighted by atomic mass is 19.1. The maximum atomic E-state index is 13.1. The van der Waals surface area contributed by atoms with E-state index in [1.54, 1.807) is 13.8 Å². The molecule has 0 spiro atoms. The van der Waals surface area contributed by atoms with Crippen LogP contribution in [0.3, 0.4) is 0 Å². The average molecular weight is 240 g/mol. The molecule has 0 amide bonds. The first kappa shape index (κ1) is 13.2. The number of hydrogen-bond acceptors (Lipinski definition) is 3. The number of halogens is 1. The summed E-state index contributed by atoms with van der Waals surface area (Å²) in [6.07, 6.45) is -0.600. The second-order valence-corrected chi connectivity index (χ2v) is 3.96. The number of carbonyl (C=O) groups is 2. The molecule has 4 nitrogen and oxygen atoms in total. The first-order valence-corrected chi connectivity index (χ1v) is 5.09. The van der Waals surface area contributed by atoms with E-state index in [1.165, 1.54) is 6.07 Å². The van der Waals surface area contributed by atoms with Gasteiger partial charge in [0, 0.05) is 17.5 Å². The Labute approximate surface area is 98.0 Å². The monoisotopic (exact) mass is 240 g/mol. The molecule has 5 heteroatoms. The Hall–Kier alpha value is -1.91. The minimum absolute atomic E-state index is 0.0354. The van der Waals surface area contributed by atoms with Gasteiger partial charge in [0.25, 0.3) is 0 Å². The Balaban J connectivity index is 2.96. The van der Waals surface area contributed by atoms with Crippen molar-refractivity contribution in [2.75, 3.05) is 0 Å². The van der Waals surface area contributed by atoms with Crippen LogP contribution < -0.4 is 4.74 Å². The third-order valence-electron chi connectivity index (χ3n) is 2.14. The molecule has 0 radical (unpaired) electrons. The Morgan fingerprint density at radius 2 is 2.06 bits per heavy atom. The Bertz CT molecular complexity index is 429. The van der Waals surface area contributed by atoms with E-state index < -0.39 is 17.9 Å². The maximum absolute atomic E-state index is 13.1. The van der Waals surface area contributed by atoms with Gasteiger partial charge < -0.3 is 9.84 Å². The van der Waals surface area contributed by atoms with E-state index >= 15 is 0 Å². The van der Waals surface area contributed by atoms with Gasteiger partial charge in [-0.05, 0) is 12.1 Å². The Morgan fingerprint density at radius 1 is 1.41 bits per heavy atom. The summed E-state index contributed by atoms with van der Waals surface area (Å²) in [5, 5.41) is 8.91. The van der Waals surface area contributed by atoms with Crippen LogP contribution in [-0.2, 0) is 4.79 Å². The van der Waals surface area contributed by atoms with Crippen molar-refractivity contribution in [3.63, 3.8) is 0 Å². The summed E-state index contributed by atoms with van der Waals surface area (Å²) in [7, 11) is 0. The molecule has 1 N–H and O–H groups in total. The van der Waals surface area contributed by atoms with Crippen LogP contribution in [0.15, 0.2) is 18.2 Å². The van der Waals surface area contributed by atoms with E-state index in [-0.39, 0.29) is 17.2 Å². The molecule has 0 bridgehead atoms. The van der Waals surface area contributed by atoms with Gasteiger partial charge in [0.05, 0.1) is 0 Å². The van der Waals surface area contributed by atoms with E-state index in [0.717, 1.165) is 12.1 Å². The van der Waals surface area contributed by atoms with Crippen molar-refractivity contribution in [3.05, 3.63) is 29.6 Å². The summed E-state index contributed by atoms with van der Waals surface area (Å²) in [5.41, 5.74) is 0.105. The minimum atomic E-state index is -1.13. The molecule has 1 rings (SSSR count). The third kappa shape index (κ3) is 3.55. The van der Waals surface area contributed by atoms with Crippen molar-refractivity contribution in [1.29, 1.82) is 0 Å². The molecule has 1 atom stereocenters. The predicted octanol–water partition coefficient (Wildman–Crippen LogP) is 2.13. The summed E-state index contributed by atoms with van der Waals surface area (Å²) in [4.78, 5) is 21.4. The van der Waals surface area contributed by atoms with E-state index in [2.05, 4.69) is 0 Å². The van der Waals surface area contributed by atoms with Crippen molar-refractivity contribution < 1.29 is 23.8 Å². The first-order valence-electron chi connectivity index (χ1n) is 5.09. The number of rotatable bonds is 5. The highest BCUT2D eigenvalue weighted by Gasteiger charge is 2.23. The number of hydrogen-bond donors (Lipinski definition) is 1. The molecule has 1 unspecified atom stereocenters. The van der Waals surface area contributed by atoms with E-state index in [0.29, 0.717) is 6.29 Å². The summed E-state index contributed by atoms with van der Waals surface area (Å²) >= 11 is 0. The maximum Gasteiger partial charge on any atom is 0.345 e. The number of benzene rings is 1. The van der Waals surface area contributed by atoms with Crippen molar-refractivity contribution in [1.82, 2.24) is 0 Å². The van der Waals surface area contributed by atoms with Crippen LogP contribution in [0.4, 0.5) is 4.39 Å². The van der Waals surface area contributed by atoms with Crippen molar-refractivity contribution in [2.45, 2.75) is 20.0 Å². The molecular formula is C12H13FO4. The molecular weight excluding hydrogens is 227 g/mol. The van der Waals surface area contributed by atoms with Gasteiger partial charge in [0.15, 0.2) is 6.10 Å². The summed E-state index contributed by atoms with van der Waals surface area (Å²) in [6.45, 7) is 3.36. The number of aliphatic carboxylic acids is 1. The molecule has 0 aliphatic carbocycles. The van der Waals surface area contributed by atoms with Gasteiger partial charge in [-0.15, -0.1) is 0 Å². The number of ether oxygens (including phenoxy) is 1. The molecule has 0 saturated heterocycles. The number of carboxylic acid groups (broad SMARTS) is 1. The molecule has 0 aromatic heterocycles. The molecule has 17 heavy (non-hydrogen) atoms. The van der Waals surface area contributed by atoms with Crippen LogP contribution >= 0.6 is 0 Å². The van der Waals surface area contributed by atoms with Crippen LogP contribution in [0, 0.1) is 11.7 Å². The van der Waals surface area contributed by atoms with Crippen LogP contribution in [-0.4, -0.2) is 23.5 Å². The zero-order valence-electron chi connectivity index (χ0n) is 9.51. The zero-order chi connectivity index (χ0) is 13.0. The lowest BCUT2D eigenvalue weighted by atomic mass is 10.1. The lowest BCUT2D eigenvalue weighted by Crippen LogP contribution is -2.32. The smallest absolute Gasteiger partial charge is 0.345 e. The predicted molar refractivity (Wildman–Crippen MR) is 58.7 cm³/mol. The molecule has 1 aromatic carbocycles. The van der Waals surface area contributed by atoms with Gasteiger partial charge in [-0.25, -0.2) is 9.18 Å². The van der Waals surface area contributed by atoms with Gasteiger partial charge >= 0.3 is 5.97 Å². The fraction of sp³-hybridized carbons (Fsp3) is 0.333. The van der Waals surface area contributed by atoms with Gasteiger partial charge in [-0.3, -0.25) is 4.79 Å². The third-order valence-corrected chi connectivity index (χ3v) is 2.14. The molecule has 0 aliphatic heterocycles. The molecule has 1 aromatic rings. The number of carboxylic acids is 1. The Kier molecular flexibility index (Phi) is 4.20. The minimum Gasteiger partial charge on any atom is -0.478 e. The van der Waals surface area contributed by atoms with Crippen LogP contribution in [0.25, 0.3) is 0 Å². The zero-order valence-corrected chi connectivity index (χ0v) is 9.51. The quantitative estimate of drug-likeness (QED) is 0.801. The normalized spacial score (nSPS) is 12.2. The highest BCUT2D eigenvalue weighted by molar-refractivity contribution is 5.76. The van der Waals surface area contributed by atoms with Crippen molar-refractivity contribution >= 4 is 12.3 Å². The first-order chi connectivity index (χ1) is 7.93. The fourth-order valence-electron chi connectivity index (χ4n) is 1.34. The van der Waals surface area contributed by atoms with Crippen molar-refractivity contribution in [2.24, 2.45) is 5.92 Å². The van der Waals surface area contributed by atoms with Gasteiger partial charge in [0.2, 0.25) is 0 Å². The summed E-state index contributed by atoms with van der Waals surface area (Å²) in [5.74, 6) is -2.00. The molecule has 0 saturated carbocycles. The lowest BCUT2D eigenvalue weighted by molar-refractivity contribution is -0.147. The molecule has 92 valence electrons. The molecule has 0 heterocycles. The average Bonchev–Trinajstić information content (AvgIpc) is 2.24. The SMILES string of the molecule is CC(C)C(Oc1cc(F)cc(C=O)c1)C(=O)O. The topological polar surface area (TPSA) is 63.6 Å². The van der Waals surface area contributed by atoms with Crippen LogP contribution in [0.5, 0.6) is 5.75 Å². The van der Waals surface area contributed by atoms with E-state index in [9.17, 15) is 14.0 Å². The number of aldehydes is 1. The standard InChI is InChI=1S/C12H13FO4/c1-7(2)11(12(15)16)17-10-4-8(6-14)3-9(13)5-10/h3-7,11H,1-2H3,(H,15,16). The fourth-order valence-corrected chi connectivity index (χ4v) is 1.34. The van der Waals surface area contributed by atoms with Crippen molar-refractivity contribution in [3.8, 4) is 5.75 Å². The highest BCUT2D eigenvalue weighted by Crippen LogP contribution is 2.19. The number of carbonyl (C=O) groups excluding carboxylic acids is 1. The second-order valence-electron chi connectivity index (χ2n) is 3.96. The van der Waals surface area contributed by atoms with Gasteiger partial charge in [-0.1, -0.05) is 13.8 Å². The summed E-state index contributed by atoms with van der Waals surface area (Å²) in [6, 6.07) is 3.39. The molecule has 0 fully saturated rings. The second kappa shape index (κ2) is 5.43. The summed E-state index contributed by atoms with van der Waals surface area (Å²) < 4.78 is 18.2. The van der Waals surface area contributed by atoms with E-state index in [1.807, 2.05) is 0 Å². The molecule has 0 aliphatic rings. The van der Waals surface area contributed by atoms with Gasteiger partial charge in [-0.2, -0.15) is 0 Å². The lowest BCUT2D eigenvalue weighted by Gasteiger charge is -2.18. The van der Waals surface area contributed by atoms with Gasteiger partial charge in [0.1, 0.15) is 17.9 Å².